The van der Waals surface area contributed by atoms with Crippen molar-refractivity contribution >= 4 is 20.0 Å². The summed E-state index contributed by atoms with van der Waals surface area (Å²) in [6, 6.07) is 3.86. The van der Waals surface area contributed by atoms with E-state index < -0.39 is 20.0 Å². The van der Waals surface area contributed by atoms with E-state index in [2.05, 4.69) is 4.72 Å². The summed E-state index contributed by atoms with van der Waals surface area (Å²) >= 11 is 0. The Balaban J connectivity index is 1.77. The zero-order valence-corrected chi connectivity index (χ0v) is 16.6. The summed E-state index contributed by atoms with van der Waals surface area (Å²) < 4.78 is 64.0. The van der Waals surface area contributed by atoms with Gasteiger partial charge in [-0.25, -0.2) is 21.6 Å². The second-order valence-corrected chi connectivity index (χ2v) is 10.4. The van der Waals surface area contributed by atoms with E-state index in [4.69, 9.17) is 9.47 Å². The minimum atomic E-state index is -3.74. The van der Waals surface area contributed by atoms with Crippen molar-refractivity contribution in [2.24, 2.45) is 0 Å². The van der Waals surface area contributed by atoms with Crippen LogP contribution in [0.15, 0.2) is 23.1 Å². The molecule has 2 heterocycles. The van der Waals surface area contributed by atoms with Gasteiger partial charge in [0.05, 0.1) is 25.4 Å². The van der Waals surface area contributed by atoms with Crippen molar-refractivity contribution in [2.75, 3.05) is 20.5 Å². The summed E-state index contributed by atoms with van der Waals surface area (Å²) in [5.74, 6) is 0.785. The Hall–Kier alpha value is -1.36. The summed E-state index contributed by atoms with van der Waals surface area (Å²) in [5.41, 5.74) is 0. The van der Waals surface area contributed by atoms with Crippen molar-refractivity contribution in [1.29, 1.82) is 0 Å². The third kappa shape index (κ3) is 3.68. The predicted octanol–water partition coefficient (Wildman–Crippen LogP) is 0.937. The molecule has 1 aromatic carbocycles. The Morgan fingerprint density at radius 1 is 1.00 bits per heavy atom. The van der Waals surface area contributed by atoms with Gasteiger partial charge < -0.3 is 9.47 Å². The maximum atomic E-state index is 12.7. The lowest BCUT2D eigenvalue weighted by molar-refractivity contribution is 0.221. The first kappa shape index (κ1) is 19.4. The van der Waals surface area contributed by atoms with E-state index in [1.807, 2.05) is 0 Å². The van der Waals surface area contributed by atoms with Crippen LogP contribution in [0.2, 0.25) is 0 Å². The van der Waals surface area contributed by atoms with Gasteiger partial charge in [0, 0.05) is 24.2 Å². The fourth-order valence-corrected chi connectivity index (χ4v) is 6.79. The molecule has 2 aliphatic heterocycles. The number of hydrogen-bond donors (Lipinski definition) is 1. The molecule has 0 saturated carbocycles. The molecule has 26 heavy (non-hydrogen) atoms. The molecule has 2 bridgehead atoms. The highest BCUT2D eigenvalue weighted by atomic mass is 32.2. The summed E-state index contributed by atoms with van der Waals surface area (Å²) in [6.07, 6.45) is 3.72. The van der Waals surface area contributed by atoms with Crippen LogP contribution >= 0.6 is 0 Å². The van der Waals surface area contributed by atoms with Gasteiger partial charge in [-0.2, -0.15) is 4.31 Å². The van der Waals surface area contributed by atoms with Gasteiger partial charge in [0.15, 0.2) is 11.5 Å². The molecule has 0 spiro atoms. The van der Waals surface area contributed by atoms with Crippen LogP contribution < -0.4 is 14.2 Å². The second kappa shape index (κ2) is 6.99. The van der Waals surface area contributed by atoms with Crippen LogP contribution in [-0.4, -0.2) is 59.7 Å². The van der Waals surface area contributed by atoms with Gasteiger partial charge in [-0.05, 0) is 37.8 Å². The summed E-state index contributed by atoms with van der Waals surface area (Å²) in [4.78, 5) is 0.0908. The largest absolute Gasteiger partial charge is 0.493 e. The topological polar surface area (TPSA) is 102 Å². The molecule has 0 amide bonds. The van der Waals surface area contributed by atoms with Crippen LogP contribution in [0.3, 0.4) is 0 Å². The number of sulfonamides is 2. The highest BCUT2D eigenvalue weighted by molar-refractivity contribution is 7.89. The Labute approximate surface area is 154 Å². The van der Waals surface area contributed by atoms with E-state index >= 15 is 0 Å². The number of hydrogen-bond acceptors (Lipinski definition) is 6. The molecule has 1 aromatic rings. The van der Waals surface area contributed by atoms with Gasteiger partial charge in [0.25, 0.3) is 0 Å². The Bertz CT molecular complexity index is 870. The SMILES string of the molecule is COc1ccc(S(=O)(=O)NC2CC3CCC(C2)N3S(C)(=O)=O)cc1OC. The predicted molar refractivity (Wildman–Crippen MR) is 96.4 cm³/mol. The van der Waals surface area contributed by atoms with Crippen LogP contribution in [0.25, 0.3) is 0 Å². The number of piperidine rings is 1. The van der Waals surface area contributed by atoms with Crippen LogP contribution in [0.5, 0.6) is 11.5 Å². The number of nitrogens with zero attached hydrogens (tertiary/aromatic N) is 1. The molecule has 0 aliphatic carbocycles. The minimum absolute atomic E-state index is 0.0908. The quantitative estimate of drug-likeness (QED) is 0.757. The smallest absolute Gasteiger partial charge is 0.240 e. The fourth-order valence-electron chi connectivity index (χ4n) is 4.04. The standard InChI is InChI=1S/C16H24N2O6S2/c1-23-15-7-6-14(10-16(15)24-2)26(21,22)17-11-8-12-4-5-13(9-11)18(12)25(3,19)20/h6-7,10-13,17H,4-5,8-9H2,1-3H3. The van der Waals surface area contributed by atoms with Crippen molar-refractivity contribution in [2.45, 2.75) is 48.7 Å². The van der Waals surface area contributed by atoms with Crippen molar-refractivity contribution in [3.05, 3.63) is 18.2 Å². The Kier molecular flexibility index (Phi) is 5.22. The van der Waals surface area contributed by atoms with E-state index in [0.29, 0.717) is 24.3 Å². The molecule has 2 unspecified atom stereocenters. The lowest BCUT2D eigenvalue weighted by Crippen LogP contribution is -2.51. The molecule has 2 atom stereocenters. The highest BCUT2D eigenvalue weighted by Crippen LogP contribution is 2.38. The minimum Gasteiger partial charge on any atom is -0.493 e. The molecule has 1 N–H and O–H groups in total. The number of fused-ring (bicyclic) bond motifs is 2. The first-order valence-electron chi connectivity index (χ1n) is 8.38. The molecular weight excluding hydrogens is 380 g/mol. The number of rotatable bonds is 6. The lowest BCUT2D eigenvalue weighted by Gasteiger charge is -2.37. The molecule has 2 fully saturated rings. The van der Waals surface area contributed by atoms with Gasteiger partial charge in [0.1, 0.15) is 0 Å². The summed E-state index contributed by atoms with van der Waals surface area (Å²) in [5, 5.41) is 0. The number of methoxy groups -OCH3 is 2. The van der Waals surface area contributed by atoms with E-state index in [0.717, 1.165) is 12.8 Å². The van der Waals surface area contributed by atoms with Crippen LogP contribution in [0.4, 0.5) is 0 Å². The van der Waals surface area contributed by atoms with Crippen molar-refractivity contribution in [1.82, 2.24) is 9.03 Å². The molecular formula is C16H24N2O6S2. The van der Waals surface area contributed by atoms with Crippen LogP contribution in [-0.2, 0) is 20.0 Å². The van der Waals surface area contributed by atoms with E-state index in [-0.39, 0.29) is 23.0 Å². The molecule has 0 aromatic heterocycles. The molecule has 8 nitrogen and oxygen atoms in total. The van der Waals surface area contributed by atoms with Crippen molar-refractivity contribution < 1.29 is 26.3 Å². The molecule has 2 aliphatic rings. The van der Waals surface area contributed by atoms with E-state index in [1.54, 1.807) is 10.4 Å². The second-order valence-electron chi connectivity index (χ2n) is 6.78. The zero-order valence-electron chi connectivity index (χ0n) is 15.0. The maximum Gasteiger partial charge on any atom is 0.240 e. The van der Waals surface area contributed by atoms with E-state index in [9.17, 15) is 16.8 Å². The Morgan fingerprint density at radius 2 is 1.58 bits per heavy atom. The van der Waals surface area contributed by atoms with Gasteiger partial charge in [0.2, 0.25) is 20.0 Å². The average Bonchev–Trinajstić information content (AvgIpc) is 2.86. The molecule has 10 heteroatoms. The summed E-state index contributed by atoms with van der Waals surface area (Å²) in [6.45, 7) is 0. The number of benzene rings is 1. The number of ether oxygens (including phenoxy) is 2. The summed E-state index contributed by atoms with van der Waals surface area (Å²) in [7, 11) is -4.09. The fraction of sp³-hybridized carbons (Fsp3) is 0.625. The van der Waals surface area contributed by atoms with Gasteiger partial charge in [-0.15, -0.1) is 0 Å². The third-order valence-corrected chi connectivity index (χ3v) is 7.92. The van der Waals surface area contributed by atoms with Gasteiger partial charge >= 0.3 is 0 Å². The lowest BCUT2D eigenvalue weighted by atomic mass is 10.0. The average molecular weight is 405 g/mol. The van der Waals surface area contributed by atoms with Crippen molar-refractivity contribution in [3.8, 4) is 11.5 Å². The monoisotopic (exact) mass is 404 g/mol. The highest BCUT2D eigenvalue weighted by Gasteiger charge is 2.46. The maximum absolute atomic E-state index is 12.7. The zero-order chi connectivity index (χ0) is 19.1. The molecule has 3 rings (SSSR count). The third-order valence-electron chi connectivity index (χ3n) is 5.04. The van der Waals surface area contributed by atoms with Crippen molar-refractivity contribution in [3.63, 3.8) is 0 Å². The number of nitrogens with one attached hydrogen (secondary N) is 1. The van der Waals surface area contributed by atoms with Gasteiger partial charge in [-0.3, -0.25) is 0 Å². The van der Waals surface area contributed by atoms with Gasteiger partial charge in [-0.1, -0.05) is 0 Å². The first-order valence-corrected chi connectivity index (χ1v) is 11.7. The van der Waals surface area contributed by atoms with E-state index in [1.165, 1.54) is 32.6 Å². The molecule has 0 radical (unpaired) electrons. The van der Waals surface area contributed by atoms with Crippen LogP contribution in [0, 0.1) is 0 Å². The van der Waals surface area contributed by atoms with Crippen LogP contribution in [0.1, 0.15) is 25.7 Å². The Morgan fingerprint density at radius 3 is 2.08 bits per heavy atom. The first-order chi connectivity index (χ1) is 12.2. The molecule has 2 saturated heterocycles. The normalized spacial score (nSPS) is 26.7. The molecule has 146 valence electrons.